The molecule has 1 amide bonds. The van der Waals surface area contributed by atoms with Crippen molar-refractivity contribution in [2.45, 2.75) is 62.8 Å². The zero-order valence-corrected chi connectivity index (χ0v) is 19.4. The van der Waals surface area contributed by atoms with Gasteiger partial charge in [0.2, 0.25) is 5.91 Å². The van der Waals surface area contributed by atoms with Gasteiger partial charge in [-0.05, 0) is 25.7 Å². The van der Waals surface area contributed by atoms with Crippen LogP contribution < -0.4 is 5.32 Å². The third-order valence-electron chi connectivity index (χ3n) is 4.13. The Kier molecular flexibility index (Phi) is 17.1. The van der Waals surface area contributed by atoms with E-state index in [1.165, 1.54) is 18.7 Å². The van der Waals surface area contributed by atoms with Gasteiger partial charge in [0, 0.05) is 30.8 Å². The summed E-state index contributed by atoms with van der Waals surface area (Å²) in [4.78, 5) is 43.6. The van der Waals surface area contributed by atoms with E-state index in [0.717, 1.165) is 0 Å². The summed E-state index contributed by atoms with van der Waals surface area (Å²) in [7, 11) is 0. The van der Waals surface area contributed by atoms with Crippen molar-refractivity contribution in [2.24, 2.45) is 0 Å². The average Bonchev–Trinajstić information content (AvgIpc) is 2.71. The van der Waals surface area contributed by atoms with Gasteiger partial charge in [-0.15, -0.1) is 11.8 Å². The van der Waals surface area contributed by atoms with Crippen LogP contribution in [0.25, 0.3) is 0 Å². The molecule has 184 valence electrons. The third kappa shape index (κ3) is 18.4. The Morgan fingerprint density at radius 3 is 2.18 bits per heavy atom. The highest BCUT2D eigenvalue weighted by Crippen LogP contribution is 2.21. The van der Waals surface area contributed by atoms with Crippen molar-refractivity contribution >= 4 is 35.6 Å². The van der Waals surface area contributed by atoms with Crippen molar-refractivity contribution in [3.8, 4) is 0 Å². The Hall–Kier alpha value is -2.85. The molecule has 0 heterocycles. The summed E-state index contributed by atoms with van der Waals surface area (Å²) in [5.41, 5.74) is 0. The minimum absolute atomic E-state index is 0.0394. The molecular weight excluding hydrogens is 450 g/mol. The molecule has 0 unspecified atom stereocenters. The lowest BCUT2D eigenvalue weighted by Gasteiger charge is -2.21. The molecule has 0 fully saturated rings. The molecule has 0 aromatic carbocycles. The number of nitrogens with one attached hydrogen (secondary N) is 1. The largest absolute Gasteiger partial charge is 0.481 e. The van der Waals surface area contributed by atoms with E-state index < -0.39 is 41.2 Å². The lowest BCUT2D eigenvalue weighted by atomic mass is 10.1. The number of carbonyl (C=O) groups is 4. The second-order valence-corrected chi connectivity index (χ2v) is 8.29. The predicted octanol–water partition coefficient (Wildman–Crippen LogP) is 2.77. The van der Waals surface area contributed by atoms with Crippen LogP contribution in [0.15, 0.2) is 48.6 Å². The number of aliphatic hydroxyl groups is 1. The minimum Gasteiger partial charge on any atom is -0.481 e. The molecule has 0 bridgehead atoms. The van der Waals surface area contributed by atoms with E-state index in [1.807, 2.05) is 18.2 Å². The van der Waals surface area contributed by atoms with Gasteiger partial charge in [0.1, 0.15) is 6.04 Å². The Balaban J connectivity index is 4.83. The molecule has 33 heavy (non-hydrogen) atoms. The van der Waals surface area contributed by atoms with Gasteiger partial charge in [-0.3, -0.25) is 14.4 Å². The maximum atomic E-state index is 11.3. The number of rotatable bonds is 18. The molecular formula is C23H33NO8S. The quantitative estimate of drug-likeness (QED) is 0.146. The van der Waals surface area contributed by atoms with E-state index in [1.54, 1.807) is 30.4 Å². The second-order valence-electron chi connectivity index (χ2n) is 7.08. The van der Waals surface area contributed by atoms with Crippen LogP contribution in [0.2, 0.25) is 0 Å². The third-order valence-corrected chi connectivity index (χ3v) is 5.52. The molecule has 5 N–H and O–H groups in total. The monoisotopic (exact) mass is 483 g/mol. The van der Waals surface area contributed by atoms with Gasteiger partial charge in [0.15, 0.2) is 0 Å². The van der Waals surface area contributed by atoms with E-state index in [9.17, 15) is 29.4 Å². The lowest BCUT2D eigenvalue weighted by Crippen LogP contribution is -2.42. The number of aliphatic carboxylic acids is 3. The summed E-state index contributed by atoms with van der Waals surface area (Å²) in [6, 6.07) is -1.10. The number of thioether (sulfide) groups is 1. The van der Waals surface area contributed by atoms with Gasteiger partial charge in [-0.25, -0.2) is 4.79 Å². The van der Waals surface area contributed by atoms with Crippen molar-refractivity contribution < 1.29 is 39.6 Å². The highest BCUT2D eigenvalue weighted by atomic mass is 32.2. The number of carbonyl (C=O) groups excluding carboxylic acids is 1. The molecule has 9 nitrogen and oxygen atoms in total. The van der Waals surface area contributed by atoms with E-state index >= 15 is 0 Å². The van der Waals surface area contributed by atoms with Crippen molar-refractivity contribution in [1.82, 2.24) is 5.32 Å². The van der Waals surface area contributed by atoms with Gasteiger partial charge in [0.05, 0.1) is 6.10 Å². The summed E-state index contributed by atoms with van der Waals surface area (Å²) in [6.07, 6.45) is 15.1. The summed E-state index contributed by atoms with van der Waals surface area (Å²) >= 11 is 1.17. The SMILES string of the molecule is CC(=O)N[C@@H](CS[C@@H](/C=C/C=C/C=C\C/C=C\CCC(=O)O)[C@H](O)CCCC(=O)O)C(=O)O. The van der Waals surface area contributed by atoms with Crippen LogP contribution in [0.1, 0.15) is 45.4 Å². The molecule has 0 rings (SSSR count). The van der Waals surface area contributed by atoms with Gasteiger partial charge in [-0.2, -0.15) is 0 Å². The van der Waals surface area contributed by atoms with Crippen molar-refractivity contribution in [1.29, 1.82) is 0 Å². The lowest BCUT2D eigenvalue weighted by molar-refractivity contribution is -0.141. The Morgan fingerprint density at radius 1 is 0.909 bits per heavy atom. The summed E-state index contributed by atoms with van der Waals surface area (Å²) in [6.45, 7) is 1.23. The molecule has 3 atom stereocenters. The van der Waals surface area contributed by atoms with Crippen LogP contribution >= 0.6 is 11.8 Å². The number of carboxylic acids is 3. The number of allylic oxidation sites excluding steroid dienone is 7. The Bertz CT molecular complexity index is 745. The van der Waals surface area contributed by atoms with Gasteiger partial charge >= 0.3 is 17.9 Å². The topological polar surface area (TPSA) is 161 Å². The zero-order valence-electron chi connectivity index (χ0n) is 18.6. The molecule has 10 heteroatoms. The summed E-state index contributed by atoms with van der Waals surface area (Å²) < 4.78 is 0. The maximum absolute atomic E-state index is 11.3. The number of amides is 1. The molecule has 0 radical (unpaired) electrons. The highest BCUT2D eigenvalue weighted by molar-refractivity contribution is 8.00. The molecule has 0 aliphatic carbocycles. The van der Waals surface area contributed by atoms with E-state index in [2.05, 4.69) is 5.32 Å². The maximum Gasteiger partial charge on any atom is 0.327 e. The fraction of sp³-hybridized carbons (Fsp3) is 0.478. The van der Waals surface area contributed by atoms with E-state index in [0.29, 0.717) is 12.8 Å². The van der Waals surface area contributed by atoms with Crippen LogP contribution in [0.5, 0.6) is 0 Å². The fourth-order valence-corrected chi connectivity index (χ4v) is 3.71. The first-order valence-electron chi connectivity index (χ1n) is 10.5. The summed E-state index contributed by atoms with van der Waals surface area (Å²) in [5, 5.41) is 38.9. The van der Waals surface area contributed by atoms with Crippen LogP contribution in [-0.2, 0) is 19.2 Å². The first-order chi connectivity index (χ1) is 15.6. The predicted molar refractivity (Wildman–Crippen MR) is 127 cm³/mol. The van der Waals surface area contributed by atoms with Gasteiger partial charge in [-0.1, -0.05) is 48.6 Å². The minimum atomic E-state index is -1.18. The number of aliphatic hydroxyl groups excluding tert-OH is 1. The Labute approximate surface area is 198 Å². The average molecular weight is 484 g/mol. The first kappa shape index (κ1) is 30.1. The van der Waals surface area contributed by atoms with Gasteiger partial charge in [0.25, 0.3) is 0 Å². The van der Waals surface area contributed by atoms with Gasteiger partial charge < -0.3 is 25.7 Å². The van der Waals surface area contributed by atoms with Crippen LogP contribution in [0.3, 0.4) is 0 Å². The number of hydrogen-bond acceptors (Lipinski definition) is 6. The van der Waals surface area contributed by atoms with Crippen molar-refractivity contribution in [3.05, 3.63) is 48.6 Å². The summed E-state index contributed by atoms with van der Waals surface area (Å²) in [5.74, 6) is -3.39. The smallest absolute Gasteiger partial charge is 0.327 e. The van der Waals surface area contributed by atoms with Crippen molar-refractivity contribution in [3.63, 3.8) is 0 Å². The molecule has 0 aromatic rings. The number of hydrogen-bond donors (Lipinski definition) is 5. The van der Waals surface area contributed by atoms with Crippen molar-refractivity contribution in [2.75, 3.05) is 5.75 Å². The normalized spacial score (nSPS) is 14.7. The second kappa shape index (κ2) is 18.7. The van der Waals surface area contributed by atoms with Crippen LogP contribution in [0.4, 0.5) is 0 Å². The highest BCUT2D eigenvalue weighted by Gasteiger charge is 2.23. The van der Waals surface area contributed by atoms with Crippen LogP contribution in [0, 0.1) is 0 Å². The van der Waals surface area contributed by atoms with Crippen LogP contribution in [-0.4, -0.2) is 67.4 Å². The van der Waals surface area contributed by atoms with E-state index in [-0.39, 0.29) is 31.4 Å². The van der Waals surface area contributed by atoms with E-state index in [4.69, 9.17) is 10.2 Å². The zero-order chi connectivity index (χ0) is 25.1. The molecule has 0 aliphatic rings. The first-order valence-corrected chi connectivity index (χ1v) is 11.6. The molecule has 0 aliphatic heterocycles. The Morgan fingerprint density at radius 2 is 1.58 bits per heavy atom. The fourth-order valence-electron chi connectivity index (χ4n) is 2.51. The molecule has 0 spiro atoms. The molecule has 0 saturated carbocycles. The molecule has 0 aromatic heterocycles. The standard InChI is InChI=1S/C23H33NO8S/c1-17(25)24-18(23(31)32)16-33-20(19(26)12-11-15-22(29)30)13-9-7-5-3-2-4-6-8-10-14-21(27)28/h2-3,5-9,13,18-20,26H,4,10-12,14-16H2,1H3,(H,24,25)(H,27,28)(H,29,30)(H,31,32)/b3-2-,7-5+,8-6-,13-9+/t18-,19+,20-/m0/s1. The molecule has 0 saturated heterocycles. The number of carboxylic acid groups (broad SMARTS) is 3.